The second kappa shape index (κ2) is 7.04. The number of aliphatic imine (C=N–C) groups is 1. The van der Waals surface area contributed by atoms with E-state index in [0.29, 0.717) is 16.1 Å². The van der Waals surface area contributed by atoms with Crippen LogP contribution in [-0.4, -0.2) is 11.9 Å². The number of carbonyl (C=O) groups is 1. The summed E-state index contributed by atoms with van der Waals surface area (Å²) in [6, 6.07) is 13.3. The summed E-state index contributed by atoms with van der Waals surface area (Å²) in [5.74, 6) is -1.96. The SMILES string of the molecule is NC(N)=NC(=O)[C@H](Cc1ccc(Cl)cc1F)c1ccccc1. The van der Waals surface area contributed by atoms with Gasteiger partial charge in [-0.1, -0.05) is 48.0 Å². The highest BCUT2D eigenvalue weighted by atomic mass is 35.5. The molecule has 0 bridgehead atoms. The van der Waals surface area contributed by atoms with E-state index in [2.05, 4.69) is 4.99 Å². The quantitative estimate of drug-likeness (QED) is 0.671. The third-order valence-corrected chi connectivity index (χ3v) is 3.41. The van der Waals surface area contributed by atoms with Crippen molar-refractivity contribution in [3.05, 3.63) is 70.5 Å². The minimum Gasteiger partial charge on any atom is -0.370 e. The molecule has 1 atom stereocenters. The Kier molecular flexibility index (Phi) is 5.12. The minimum atomic E-state index is -0.668. The van der Waals surface area contributed by atoms with Gasteiger partial charge in [-0.25, -0.2) is 4.39 Å². The van der Waals surface area contributed by atoms with Crippen LogP contribution >= 0.6 is 11.6 Å². The van der Waals surface area contributed by atoms with E-state index in [1.165, 1.54) is 6.07 Å². The molecule has 4 nitrogen and oxygen atoms in total. The summed E-state index contributed by atoms with van der Waals surface area (Å²) in [6.07, 6.45) is 0.141. The van der Waals surface area contributed by atoms with Crippen molar-refractivity contribution in [1.29, 1.82) is 0 Å². The molecule has 0 saturated heterocycles. The highest BCUT2D eigenvalue weighted by Gasteiger charge is 2.22. The number of halogens is 2. The number of carbonyl (C=O) groups excluding carboxylic acids is 1. The van der Waals surface area contributed by atoms with Crippen LogP contribution in [0.4, 0.5) is 4.39 Å². The molecule has 0 radical (unpaired) electrons. The molecule has 2 aromatic carbocycles. The third-order valence-electron chi connectivity index (χ3n) is 3.18. The average Bonchev–Trinajstić information content (AvgIpc) is 2.46. The summed E-state index contributed by atoms with van der Waals surface area (Å²) in [6.45, 7) is 0. The maximum Gasteiger partial charge on any atom is 0.256 e. The molecule has 22 heavy (non-hydrogen) atoms. The molecule has 1 amide bonds. The molecule has 0 saturated carbocycles. The zero-order valence-electron chi connectivity index (χ0n) is 11.7. The summed E-state index contributed by atoms with van der Waals surface area (Å²) < 4.78 is 14.0. The smallest absolute Gasteiger partial charge is 0.256 e. The molecule has 2 rings (SSSR count). The zero-order chi connectivity index (χ0) is 16.1. The van der Waals surface area contributed by atoms with Crippen LogP contribution in [0.15, 0.2) is 53.5 Å². The lowest BCUT2D eigenvalue weighted by molar-refractivity contribution is -0.119. The number of hydrogen-bond donors (Lipinski definition) is 2. The van der Waals surface area contributed by atoms with Crippen molar-refractivity contribution >= 4 is 23.5 Å². The molecular weight excluding hydrogens is 305 g/mol. The van der Waals surface area contributed by atoms with E-state index in [1.807, 2.05) is 6.07 Å². The summed E-state index contributed by atoms with van der Waals surface area (Å²) in [5, 5.41) is 0.299. The lowest BCUT2D eigenvalue weighted by Crippen LogP contribution is -2.26. The predicted molar refractivity (Wildman–Crippen MR) is 85.1 cm³/mol. The lowest BCUT2D eigenvalue weighted by Gasteiger charge is -2.14. The highest BCUT2D eigenvalue weighted by Crippen LogP contribution is 2.25. The van der Waals surface area contributed by atoms with Crippen molar-refractivity contribution in [3.63, 3.8) is 0 Å². The number of hydrogen-bond acceptors (Lipinski definition) is 1. The number of nitrogens with zero attached hydrogens (tertiary/aromatic N) is 1. The van der Waals surface area contributed by atoms with E-state index in [4.69, 9.17) is 23.1 Å². The number of guanidine groups is 1. The molecule has 0 aliphatic rings. The van der Waals surface area contributed by atoms with Crippen molar-refractivity contribution < 1.29 is 9.18 Å². The molecule has 0 aliphatic heterocycles. The average molecular weight is 320 g/mol. The molecule has 0 aromatic heterocycles. The van der Waals surface area contributed by atoms with Gasteiger partial charge in [0.1, 0.15) is 5.82 Å². The fraction of sp³-hybridized carbons (Fsp3) is 0.125. The molecule has 0 fully saturated rings. The first-order chi connectivity index (χ1) is 10.5. The van der Waals surface area contributed by atoms with E-state index in [-0.39, 0.29) is 12.4 Å². The Morgan fingerprint density at radius 2 is 1.86 bits per heavy atom. The van der Waals surface area contributed by atoms with Crippen molar-refractivity contribution in [2.24, 2.45) is 16.5 Å². The first-order valence-corrected chi connectivity index (χ1v) is 6.97. The second-order valence-corrected chi connectivity index (χ2v) is 5.21. The fourth-order valence-corrected chi connectivity index (χ4v) is 2.30. The molecule has 4 N–H and O–H groups in total. The van der Waals surface area contributed by atoms with E-state index in [9.17, 15) is 9.18 Å². The van der Waals surface area contributed by atoms with Crippen LogP contribution in [0.1, 0.15) is 17.0 Å². The zero-order valence-corrected chi connectivity index (χ0v) is 12.4. The minimum absolute atomic E-state index is 0.141. The lowest BCUT2D eigenvalue weighted by atomic mass is 9.91. The first-order valence-electron chi connectivity index (χ1n) is 6.59. The normalized spacial score (nSPS) is 11.7. The predicted octanol–water partition coefficient (Wildman–Crippen LogP) is 2.61. The van der Waals surface area contributed by atoms with E-state index >= 15 is 0 Å². The van der Waals surface area contributed by atoms with Gasteiger partial charge in [-0.2, -0.15) is 4.99 Å². The Balaban J connectivity index is 2.36. The van der Waals surface area contributed by atoms with Crippen LogP contribution in [0.5, 0.6) is 0 Å². The van der Waals surface area contributed by atoms with Gasteiger partial charge in [-0.15, -0.1) is 0 Å². The van der Waals surface area contributed by atoms with Gasteiger partial charge < -0.3 is 11.5 Å². The monoisotopic (exact) mass is 319 g/mol. The van der Waals surface area contributed by atoms with Crippen molar-refractivity contribution in [2.45, 2.75) is 12.3 Å². The Labute approximate surface area is 132 Å². The van der Waals surface area contributed by atoms with Gasteiger partial charge in [0, 0.05) is 5.02 Å². The standard InChI is InChI=1S/C16H15ClFN3O/c17-12-7-6-11(14(18)9-12)8-13(15(22)21-16(19)20)10-4-2-1-3-5-10/h1-7,9,13H,8H2,(H4,19,20,21,22)/t13-/m1/s1. The van der Waals surface area contributed by atoms with Crippen LogP contribution in [-0.2, 0) is 11.2 Å². The van der Waals surface area contributed by atoms with Gasteiger partial charge in [0.05, 0.1) is 5.92 Å². The molecule has 114 valence electrons. The molecule has 0 aliphatic carbocycles. The van der Waals surface area contributed by atoms with Crippen molar-refractivity contribution in [1.82, 2.24) is 0 Å². The Morgan fingerprint density at radius 1 is 1.18 bits per heavy atom. The highest BCUT2D eigenvalue weighted by molar-refractivity contribution is 6.30. The summed E-state index contributed by atoms with van der Waals surface area (Å²) in [5.41, 5.74) is 11.6. The Bertz CT molecular complexity index is 700. The molecule has 0 unspecified atom stereocenters. The Hall–Kier alpha value is -2.40. The number of benzene rings is 2. The van der Waals surface area contributed by atoms with E-state index in [1.54, 1.807) is 36.4 Å². The van der Waals surface area contributed by atoms with E-state index in [0.717, 1.165) is 0 Å². The van der Waals surface area contributed by atoms with Crippen LogP contribution in [0.2, 0.25) is 5.02 Å². The van der Waals surface area contributed by atoms with Gasteiger partial charge in [0.25, 0.3) is 5.91 Å². The summed E-state index contributed by atoms with van der Waals surface area (Å²) in [4.78, 5) is 15.8. The van der Waals surface area contributed by atoms with Crippen LogP contribution in [0.25, 0.3) is 0 Å². The summed E-state index contributed by atoms with van der Waals surface area (Å²) in [7, 11) is 0. The largest absolute Gasteiger partial charge is 0.370 e. The molecule has 6 heteroatoms. The number of rotatable bonds is 4. The number of amides is 1. The van der Waals surface area contributed by atoms with Gasteiger partial charge >= 0.3 is 0 Å². The fourth-order valence-electron chi connectivity index (χ4n) is 2.15. The van der Waals surface area contributed by atoms with Gasteiger partial charge in [0.15, 0.2) is 5.96 Å². The number of nitrogens with two attached hydrogens (primary N) is 2. The van der Waals surface area contributed by atoms with Crippen LogP contribution in [0, 0.1) is 5.82 Å². The summed E-state index contributed by atoms with van der Waals surface area (Å²) >= 11 is 5.74. The van der Waals surface area contributed by atoms with Crippen molar-refractivity contribution in [2.75, 3.05) is 0 Å². The molecule has 2 aromatic rings. The van der Waals surface area contributed by atoms with Crippen LogP contribution in [0.3, 0.4) is 0 Å². The molecule has 0 spiro atoms. The topological polar surface area (TPSA) is 81.5 Å². The second-order valence-electron chi connectivity index (χ2n) is 4.78. The van der Waals surface area contributed by atoms with Gasteiger partial charge in [-0.3, -0.25) is 4.79 Å². The van der Waals surface area contributed by atoms with Crippen molar-refractivity contribution in [3.8, 4) is 0 Å². The molecular formula is C16H15ClFN3O. The van der Waals surface area contributed by atoms with Gasteiger partial charge in [-0.05, 0) is 29.7 Å². The molecule has 0 heterocycles. The van der Waals surface area contributed by atoms with Gasteiger partial charge in [0.2, 0.25) is 0 Å². The third kappa shape index (κ3) is 4.05. The maximum absolute atomic E-state index is 14.0. The maximum atomic E-state index is 14.0. The Morgan fingerprint density at radius 3 is 2.45 bits per heavy atom. The van der Waals surface area contributed by atoms with Crippen LogP contribution < -0.4 is 11.5 Å². The first kappa shape index (κ1) is 16.0. The van der Waals surface area contributed by atoms with E-state index < -0.39 is 17.6 Å².